The van der Waals surface area contributed by atoms with Crippen LogP contribution in [0.15, 0.2) is 29.3 Å². The van der Waals surface area contributed by atoms with Crippen LogP contribution in [0.5, 0.6) is 5.75 Å². The second-order valence-electron chi connectivity index (χ2n) is 7.19. The Morgan fingerprint density at radius 2 is 1.67 bits per heavy atom. The monoisotopic (exact) mass is 533 g/mol. The van der Waals surface area contributed by atoms with E-state index in [-0.39, 0.29) is 24.0 Å². The molecule has 0 amide bonds. The van der Waals surface area contributed by atoms with E-state index < -0.39 is 0 Å². The lowest BCUT2D eigenvalue weighted by Gasteiger charge is -2.34. The zero-order valence-corrected chi connectivity index (χ0v) is 21.2. The molecule has 2 N–H and O–H groups in total. The SMILES string of the molecule is CCOCCCNC(=NCc1ccc(OC)cc1)NCCN1CCN(CC)CC1.I. The third kappa shape index (κ3) is 10.8. The maximum atomic E-state index is 5.42. The standard InChI is InChI=1S/C22H39N5O2.HI/c1-4-26-14-16-27(17-15-26)13-12-24-22(23-11-6-18-29-5-2)25-19-20-7-9-21(28-3)10-8-20;/h7-10H,4-6,11-19H2,1-3H3,(H2,23,24,25);1H. The lowest BCUT2D eigenvalue weighted by atomic mass is 10.2. The van der Waals surface area contributed by atoms with Crippen molar-refractivity contribution in [1.82, 2.24) is 20.4 Å². The first-order valence-electron chi connectivity index (χ1n) is 10.9. The van der Waals surface area contributed by atoms with Crippen LogP contribution in [0.3, 0.4) is 0 Å². The van der Waals surface area contributed by atoms with E-state index in [9.17, 15) is 0 Å². The van der Waals surface area contributed by atoms with Crippen LogP contribution in [-0.4, -0.2) is 88.4 Å². The molecule has 0 radical (unpaired) electrons. The molecular weight excluding hydrogens is 493 g/mol. The summed E-state index contributed by atoms with van der Waals surface area (Å²) < 4.78 is 10.6. The fourth-order valence-electron chi connectivity index (χ4n) is 3.26. The van der Waals surface area contributed by atoms with Gasteiger partial charge in [-0.2, -0.15) is 0 Å². The van der Waals surface area contributed by atoms with Gasteiger partial charge in [-0.15, -0.1) is 24.0 Å². The number of hydrogen-bond donors (Lipinski definition) is 2. The minimum absolute atomic E-state index is 0. The summed E-state index contributed by atoms with van der Waals surface area (Å²) in [5.41, 5.74) is 1.16. The molecule has 7 nitrogen and oxygen atoms in total. The molecule has 0 unspecified atom stereocenters. The predicted molar refractivity (Wildman–Crippen MR) is 135 cm³/mol. The molecule has 2 rings (SSSR count). The first kappa shape index (κ1) is 26.9. The Balaban J connectivity index is 0.00000450. The van der Waals surface area contributed by atoms with Crippen molar-refractivity contribution in [3.63, 3.8) is 0 Å². The van der Waals surface area contributed by atoms with Crippen LogP contribution in [0.25, 0.3) is 0 Å². The van der Waals surface area contributed by atoms with Gasteiger partial charge in [0.05, 0.1) is 13.7 Å². The summed E-state index contributed by atoms with van der Waals surface area (Å²) in [7, 11) is 1.68. The van der Waals surface area contributed by atoms with E-state index in [1.165, 1.54) is 13.1 Å². The van der Waals surface area contributed by atoms with Crippen molar-refractivity contribution in [1.29, 1.82) is 0 Å². The Morgan fingerprint density at radius 3 is 2.30 bits per heavy atom. The maximum absolute atomic E-state index is 5.42. The summed E-state index contributed by atoms with van der Waals surface area (Å²) in [6.07, 6.45) is 0.968. The van der Waals surface area contributed by atoms with Gasteiger partial charge in [0.1, 0.15) is 5.75 Å². The van der Waals surface area contributed by atoms with Crippen molar-refractivity contribution >= 4 is 29.9 Å². The highest BCUT2D eigenvalue weighted by Crippen LogP contribution is 2.11. The Hall–Kier alpha value is -1.10. The fraction of sp³-hybridized carbons (Fsp3) is 0.682. The van der Waals surface area contributed by atoms with Crippen LogP contribution < -0.4 is 15.4 Å². The number of benzene rings is 1. The molecule has 0 aromatic heterocycles. The first-order valence-corrected chi connectivity index (χ1v) is 10.9. The third-order valence-electron chi connectivity index (χ3n) is 5.17. The number of piperazine rings is 1. The minimum Gasteiger partial charge on any atom is -0.497 e. The van der Waals surface area contributed by atoms with E-state index >= 15 is 0 Å². The van der Waals surface area contributed by atoms with Crippen molar-refractivity contribution in [3.05, 3.63) is 29.8 Å². The zero-order valence-electron chi connectivity index (χ0n) is 18.9. The summed E-state index contributed by atoms with van der Waals surface area (Å²) in [5.74, 6) is 1.73. The number of guanidine groups is 1. The molecule has 8 heteroatoms. The summed E-state index contributed by atoms with van der Waals surface area (Å²) in [6, 6.07) is 8.07. The number of ether oxygens (including phenoxy) is 2. The molecule has 0 aliphatic carbocycles. The number of rotatable bonds is 12. The van der Waals surface area contributed by atoms with Crippen molar-refractivity contribution in [2.75, 3.05) is 72.7 Å². The molecule has 1 aromatic carbocycles. The number of halogens is 1. The number of methoxy groups -OCH3 is 1. The largest absolute Gasteiger partial charge is 0.497 e. The van der Waals surface area contributed by atoms with E-state index in [0.29, 0.717) is 6.54 Å². The second-order valence-corrected chi connectivity index (χ2v) is 7.19. The molecule has 30 heavy (non-hydrogen) atoms. The highest BCUT2D eigenvalue weighted by molar-refractivity contribution is 14.0. The Bertz CT molecular complexity index is 577. The fourth-order valence-corrected chi connectivity index (χ4v) is 3.26. The van der Waals surface area contributed by atoms with Crippen molar-refractivity contribution in [2.24, 2.45) is 4.99 Å². The molecule has 1 saturated heterocycles. The Morgan fingerprint density at radius 1 is 1.00 bits per heavy atom. The second kappa shape index (κ2) is 16.6. The van der Waals surface area contributed by atoms with Crippen LogP contribution in [0.1, 0.15) is 25.8 Å². The molecule has 1 aliphatic heterocycles. The number of likely N-dealkylation sites (N-methyl/N-ethyl adjacent to an activating group) is 1. The van der Waals surface area contributed by atoms with Gasteiger partial charge in [-0.25, -0.2) is 4.99 Å². The van der Waals surface area contributed by atoms with Gasteiger partial charge in [0.15, 0.2) is 5.96 Å². The van der Waals surface area contributed by atoms with Crippen molar-refractivity contribution < 1.29 is 9.47 Å². The van der Waals surface area contributed by atoms with Crippen molar-refractivity contribution in [3.8, 4) is 5.75 Å². The lowest BCUT2D eigenvalue weighted by Crippen LogP contribution is -2.49. The highest BCUT2D eigenvalue weighted by atomic mass is 127. The van der Waals surface area contributed by atoms with E-state index in [4.69, 9.17) is 14.5 Å². The maximum Gasteiger partial charge on any atom is 0.191 e. The smallest absolute Gasteiger partial charge is 0.191 e. The number of hydrogen-bond acceptors (Lipinski definition) is 5. The van der Waals surface area contributed by atoms with Crippen LogP contribution in [0.2, 0.25) is 0 Å². The molecule has 1 aromatic rings. The van der Waals surface area contributed by atoms with Gasteiger partial charge in [0.25, 0.3) is 0 Å². The molecule has 0 spiro atoms. The Kier molecular flexibility index (Phi) is 14.9. The summed E-state index contributed by atoms with van der Waals surface area (Å²) in [6.45, 7) is 15.0. The van der Waals surface area contributed by atoms with Crippen LogP contribution in [0.4, 0.5) is 0 Å². The molecule has 0 bridgehead atoms. The quantitative estimate of drug-likeness (QED) is 0.186. The lowest BCUT2D eigenvalue weighted by molar-refractivity contribution is 0.139. The van der Waals surface area contributed by atoms with E-state index in [1.807, 2.05) is 19.1 Å². The molecule has 0 atom stereocenters. The van der Waals surface area contributed by atoms with Gasteiger partial charge in [-0.1, -0.05) is 19.1 Å². The van der Waals surface area contributed by atoms with E-state index in [2.05, 4.69) is 39.5 Å². The van der Waals surface area contributed by atoms with Gasteiger partial charge < -0.3 is 25.0 Å². The highest BCUT2D eigenvalue weighted by Gasteiger charge is 2.14. The molecule has 172 valence electrons. The van der Waals surface area contributed by atoms with Crippen LogP contribution >= 0.6 is 24.0 Å². The average Bonchev–Trinajstić information content (AvgIpc) is 2.77. The summed E-state index contributed by atoms with van der Waals surface area (Å²) in [5, 5.41) is 6.93. The van der Waals surface area contributed by atoms with Gasteiger partial charge in [-0.05, 0) is 37.6 Å². The first-order chi connectivity index (χ1) is 14.2. The normalized spacial score (nSPS) is 15.5. The third-order valence-corrected chi connectivity index (χ3v) is 5.17. The topological polar surface area (TPSA) is 61.4 Å². The number of nitrogens with zero attached hydrogens (tertiary/aromatic N) is 3. The number of nitrogens with one attached hydrogen (secondary N) is 2. The minimum atomic E-state index is 0. The molecule has 1 heterocycles. The summed E-state index contributed by atoms with van der Waals surface area (Å²) >= 11 is 0. The summed E-state index contributed by atoms with van der Waals surface area (Å²) in [4.78, 5) is 9.79. The predicted octanol–water partition coefficient (Wildman–Crippen LogP) is 2.41. The van der Waals surface area contributed by atoms with E-state index in [1.54, 1.807) is 7.11 Å². The number of aliphatic imine (C=N–C) groups is 1. The van der Waals surface area contributed by atoms with Gasteiger partial charge in [0, 0.05) is 59.0 Å². The van der Waals surface area contributed by atoms with Gasteiger partial charge in [0.2, 0.25) is 0 Å². The van der Waals surface area contributed by atoms with Crippen LogP contribution in [-0.2, 0) is 11.3 Å². The molecule has 1 aliphatic rings. The Labute approximate surface area is 199 Å². The van der Waals surface area contributed by atoms with Gasteiger partial charge >= 0.3 is 0 Å². The van der Waals surface area contributed by atoms with Crippen molar-refractivity contribution in [2.45, 2.75) is 26.8 Å². The molecule has 1 fully saturated rings. The molecule has 0 saturated carbocycles. The zero-order chi connectivity index (χ0) is 20.7. The van der Waals surface area contributed by atoms with E-state index in [0.717, 1.165) is 76.2 Å². The van der Waals surface area contributed by atoms with Gasteiger partial charge in [-0.3, -0.25) is 4.90 Å². The average molecular weight is 533 g/mol. The molecular formula is C22H40IN5O2. The van der Waals surface area contributed by atoms with Crippen LogP contribution in [0, 0.1) is 0 Å².